The van der Waals surface area contributed by atoms with Gasteiger partial charge in [-0.25, -0.2) is 9.59 Å². The molecule has 20 heavy (non-hydrogen) atoms. The molecule has 6 nitrogen and oxygen atoms in total. The number of rotatable bonds is 4. The number of imidazole rings is 1. The van der Waals surface area contributed by atoms with Crippen LogP contribution in [-0.4, -0.2) is 30.2 Å². The first-order chi connectivity index (χ1) is 9.63. The van der Waals surface area contributed by atoms with Gasteiger partial charge in [0.1, 0.15) is 11.3 Å². The summed E-state index contributed by atoms with van der Waals surface area (Å²) in [5.74, 6) is 0.620. The SMILES string of the molecule is COC(=O)c1cc(OC)c2[nH]c(=O)[nH]c2c1CC1CC1. The molecule has 1 aliphatic carbocycles. The van der Waals surface area contributed by atoms with E-state index in [0.717, 1.165) is 24.8 Å². The van der Waals surface area contributed by atoms with Crippen LogP contribution in [0.3, 0.4) is 0 Å². The number of H-pyrrole nitrogens is 2. The predicted octanol–water partition coefficient (Wildman–Crippen LogP) is 1.60. The van der Waals surface area contributed by atoms with E-state index < -0.39 is 5.97 Å². The summed E-state index contributed by atoms with van der Waals surface area (Å²) >= 11 is 0. The number of ether oxygens (including phenoxy) is 2. The first kappa shape index (κ1) is 12.8. The average Bonchev–Trinajstić information content (AvgIpc) is 3.17. The third-order valence-electron chi connectivity index (χ3n) is 3.69. The Morgan fingerprint density at radius 3 is 2.60 bits per heavy atom. The quantitative estimate of drug-likeness (QED) is 0.831. The Hall–Kier alpha value is -2.24. The topological polar surface area (TPSA) is 84.2 Å². The monoisotopic (exact) mass is 276 g/mol. The van der Waals surface area contributed by atoms with Gasteiger partial charge < -0.3 is 19.4 Å². The smallest absolute Gasteiger partial charge is 0.338 e. The Kier molecular flexibility index (Phi) is 3.00. The number of nitrogens with one attached hydrogen (secondary N) is 2. The number of hydrogen-bond donors (Lipinski definition) is 2. The van der Waals surface area contributed by atoms with Crippen molar-refractivity contribution in [2.24, 2.45) is 5.92 Å². The molecule has 1 aliphatic rings. The minimum atomic E-state index is -0.414. The number of esters is 1. The van der Waals surface area contributed by atoms with Crippen LogP contribution in [0.1, 0.15) is 28.8 Å². The molecular weight excluding hydrogens is 260 g/mol. The summed E-state index contributed by atoms with van der Waals surface area (Å²) < 4.78 is 10.1. The number of hydrogen-bond acceptors (Lipinski definition) is 4. The summed E-state index contributed by atoms with van der Waals surface area (Å²) in [7, 11) is 2.85. The molecule has 1 saturated carbocycles. The van der Waals surface area contributed by atoms with Gasteiger partial charge in [-0.3, -0.25) is 0 Å². The van der Waals surface area contributed by atoms with Gasteiger partial charge in [-0.15, -0.1) is 0 Å². The normalized spacial score (nSPS) is 14.5. The van der Waals surface area contributed by atoms with E-state index in [1.54, 1.807) is 6.07 Å². The Bertz CT molecular complexity index is 725. The number of carbonyl (C=O) groups is 1. The molecule has 2 N–H and O–H groups in total. The molecule has 1 aromatic heterocycles. The lowest BCUT2D eigenvalue weighted by Crippen LogP contribution is -2.08. The van der Waals surface area contributed by atoms with Crippen LogP contribution in [0.4, 0.5) is 0 Å². The van der Waals surface area contributed by atoms with Gasteiger partial charge in [-0.05, 0) is 36.8 Å². The number of carbonyl (C=O) groups excluding carboxylic acids is 1. The van der Waals surface area contributed by atoms with E-state index >= 15 is 0 Å². The number of aromatic nitrogens is 2. The maximum Gasteiger partial charge on any atom is 0.338 e. The van der Waals surface area contributed by atoms with E-state index in [1.807, 2.05) is 0 Å². The van der Waals surface area contributed by atoms with E-state index in [0.29, 0.717) is 28.3 Å². The standard InChI is InChI=1S/C14H16N2O4/c1-19-10-6-9(13(17)20-2)8(5-7-3-4-7)11-12(10)16-14(18)15-11/h6-7H,3-5H2,1-2H3,(H2,15,16,18). The zero-order valence-corrected chi connectivity index (χ0v) is 11.4. The summed E-state index contributed by atoms with van der Waals surface area (Å²) in [5, 5.41) is 0. The highest BCUT2D eigenvalue weighted by Gasteiger charge is 2.27. The van der Waals surface area contributed by atoms with Crippen LogP contribution in [-0.2, 0) is 11.2 Å². The predicted molar refractivity (Wildman–Crippen MR) is 73.2 cm³/mol. The van der Waals surface area contributed by atoms with E-state index in [2.05, 4.69) is 9.97 Å². The lowest BCUT2D eigenvalue weighted by molar-refractivity contribution is 0.0599. The third-order valence-corrected chi connectivity index (χ3v) is 3.69. The summed E-state index contributed by atoms with van der Waals surface area (Å²) in [6.07, 6.45) is 3.07. The van der Waals surface area contributed by atoms with Crippen LogP contribution < -0.4 is 10.4 Å². The fourth-order valence-electron chi connectivity index (χ4n) is 2.50. The van der Waals surface area contributed by atoms with Gasteiger partial charge in [0.2, 0.25) is 0 Å². The largest absolute Gasteiger partial charge is 0.494 e. The van der Waals surface area contributed by atoms with Crippen LogP contribution in [0.5, 0.6) is 5.75 Å². The van der Waals surface area contributed by atoms with Gasteiger partial charge in [0.25, 0.3) is 0 Å². The first-order valence-electron chi connectivity index (χ1n) is 6.54. The van der Waals surface area contributed by atoms with Crippen LogP contribution in [0.2, 0.25) is 0 Å². The molecule has 106 valence electrons. The molecule has 0 spiro atoms. The van der Waals surface area contributed by atoms with Gasteiger partial charge in [0, 0.05) is 0 Å². The first-order valence-corrected chi connectivity index (χ1v) is 6.54. The molecule has 3 rings (SSSR count). The molecule has 0 amide bonds. The van der Waals surface area contributed by atoms with E-state index in [9.17, 15) is 9.59 Å². The highest BCUT2D eigenvalue weighted by molar-refractivity contribution is 5.99. The Morgan fingerprint density at radius 2 is 2.00 bits per heavy atom. The van der Waals surface area contributed by atoms with Crippen molar-refractivity contribution in [1.29, 1.82) is 0 Å². The van der Waals surface area contributed by atoms with Crippen LogP contribution in [0.25, 0.3) is 11.0 Å². The van der Waals surface area contributed by atoms with E-state index in [-0.39, 0.29) is 5.69 Å². The highest BCUT2D eigenvalue weighted by Crippen LogP contribution is 2.37. The van der Waals surface area contributed by atoms with Gasteiger partial charge in [-0.1, -0.05) is 0 Å². The summed E-state index contributed by atoms with van der Waals surface area (Å²) in [5.41, 5.74) is 2.22. The number of fused-ring (bicyclic) bond motifs is 1. The van der Waals surface area contributed by atoms with Gasteiger partial charge in [-0.2, -0.15) is 0 Å². The fraction of sp³-hybridized carbons (Fsp3) is 0.429. The van der Waals surface area contributed by atoms with Crippen LogP contribution in [0, 0.1) is 5.92 Å². The molecule has 0 saturated heterocycles. The minimum absolute atomic E-state index is 0.308. The molecule has 6 heteroatoms. The van der Waals surface area contributed by atoms with Crippen molar-refractivity contribution in [3.63, 3.8) is 0 Å². The number of benzene rings is 1. The second kappa shape index (κ2) is 4.70. The van der Waals surface area contributed by atoms with Crippen molar-refractivity contribution >= 4 is 17.0 Å². The summed E-state index contributed by atoms with van der Waals surface area (Å²) in [6, 6.07) is 1.63. The van der Waals surface area contributed by atoms with Crippen molar-refractivity contribution in [3.8, 4) is 5.75 Å². The molecule has 0 atom stereocenters. The average molecular weight is 276 g/mol. The molecule has 2 aromatic rings. The number of methoxy groups -OCH3 is 2. The van der Waals surface area contributed by atoms with E-state index in [4.69, 9.17) is 9.47 Å². The third kappa shape index (κ3) is 2.07. The van der Waals surface area contributed by atoms with Gasteiger partial charge in [0.05, 0.1) is 25.3 Å². The van der Waals surface area contributed by atoms with Gasteiger partial charge in [0.15, 0.2) is 0 Å². The Morgan fingerprint density at radius 1 is 1.30 bits per heavy atom. The molecule has 0 radical (unpaired) electrons. The molecule has 1 aromatic carbocycles. The second-order valence-corrected chi connectivity index (χ2v) is 5.07. The summed E-state index contributed by atoms with van der Waals surface area (Å²) in [6.45, 7) is 0. The van der Waals surface area contributed by atoms with Crippen molar-refractivity contribution < 1.29 is 14.3 Å². The lowest BCUT2D eigenvalue weighted by atomic mass is 9.99. The van der Waals surface area contributed by atoms with Crippen LogP contribution in [0.15, 0.2) is 10.9 Å². The van der Waals surface area contributed by atoms with Gasteiger partial charge >= 0.3 is 11.7 Å². The Labute approximate surface area is 115 Å². The zero-order chi connectivity index (χ0) is 14.3. The van der Waals surface area contributed by atoms with Crippen LogP contribution >= 0.6 is 0 Å². The van der Waals surface area contributed by atoms with Crippen molar-refractivity contribution in [2.75, 3.05) is 14.2 Å². The van der Waals surface area contributed by atoms with Crippen molar-refractivity contribution in [2.45, 2.75) is 19.3 Å². The van der Waals surface area contributed by atoms with Crippen molar-refractivity contribution in [3.05, 3.63) is 27.7 Å². The molecule has 0 aliphatic heterocycles. The zero-order valence-electron chi connectivity index (χ0n) is 11.4. The molecular formula is C14H16N2O4. The lowest BCUT2D eigenvalue weighted by Gasteiger charge is -2.11. The maximum absolute atomic E-state index is 12.0. The summed E-state index contributed by atoms with van der Waals surface area (Å²) in [4.78, 5) is 29.0. The minimum Gasteiger partial charge on any atom is -0.494 e. The second-order valence-electron chi connectivity index (χ2n) is 5.07. The fourth-order valence-corrected chi connectivity index (χ4v) is 2.50. The molecule has 1 heterocycles. The number of aromatic amines is 2. The highest BCUT2D eigenvalue weighted by atomic mass is 16.5. The molecule has 1 fully saturated rings. The maximum atomic E-state index is 12.0. The Balaban J connectivity index is 2.27. The van der Waals surface area contributed by atoms with E-state index in [1.165, 1.54) is 14.2 Å². The van der Waals surface area contributed by atoms with Crippen molar-refractivity contribution in [1.82, 2.24) is 9.97 Å². The molecule has 0 unspecified atom stereocenters. The molecule has 0 bridgehead atoms.